The van der Waals surface area contributed by atoms with Gasteiger partial charge in [-0.1, -0.05) is 0 Å². The second-order valence-electron chi connectivity index (χ2n) is 8.24. The molecule has 0 spiro atoms. The molecule has 2 saturated heterocycles. The molecule has 0 unspecified atom stereocenters. The van der Waals surface area contributed by atoms with Crippen LogP contribution in [0.25, 0.3) is 0 Å². The zero-order valence-corrected chi connectivity index (χ0v) is 21.0. The van der Waals surface area contributed by atoms with Gasteiger partial charge in [-0.15, -0.1) is 0 Å². The maximum Gasteiger partial charge on any atom is 1.00 e. The van der Waals surface area contributed by atoms with Crippen molar-refractivity contribution in [2.24, 2.45) is 0 Å². The molecule has 178 valence electrons. The van der Waals surface area contributed by atoms with E-state index in [4.69, 9.17) is 32.2 Å². The van der Waals surface area contributed by atoms with Gasteiger partial charge < -0.3 is 32.5 Å². The summed E-state index contributed by atoms with van der Waals surface area (Å²) in [6.45, 7) is 10.2. The molecule has 0 aromatic carbocycles. The van der Waals surface area contributed by atoms with Crippen LogP contribution in [0, 0.1) is 0 Å². The number of ether oxygens (including phenoxy) is 4. The summed E-state index contributed by atoms with van der Waals surface area (Å²) < 4.78 is 85.8. The summed E-state index contributed by atoms with van der Waals surface area (Å²) in [5, 5.41) is 0. The van der Waals surface area contributed by atoms with E-state index in [-0.39, 0.29) is 43.7 Å². The van der Waals surface area contributed by atoms with Gasteiger partial charge in [-0.25, -0.2) is 8.42 Å². The smallest absolute Gasteiger partial charge is 0.726 e. The molecule has 0 aromatic rings. The van der Waals surface area contributed by atoms with Crippen LogP contribution in [0.4, 0.5) is 0 Å². The van der Waals surface area contributed by atoms with Crippen LogP contribution in [0.1, 0.15) is 48.0 Å². The van der Waals surface area contributed by atoms with Gasteiger partial charge in [-0.05, 0) is 48.0 Å². The van der Waals surface area contributed by atoms with Crippen LogP contribution in [0.2, 0.25) is 0 Å². The molecule has 0 aromatic heterocycles. The normalized spacial score (nSPS) is 31.0. The topological polar surface area (TPSA) is 139 Å². The summed E-state index contributed by atoms with van der Waals surface area (Å²) in [7, 11) is -7.22. The second-order valence-corrected chi connectivity index (χ2v) is 11.3. The average Bonchev–Trinajstić information content (AvgIpc) is 2.86. The molecule has 0 aliphatic carbocycles. The van der Waals surface area contributed by atoms with E-state index in [0.29, 0.717) is 0 Å². The molecule has 2 aliphatic rings. The third kappa shape index (κ3) is 8.63. The van der Waals surface area contributed by atoms with Gasteiger partial charge >= 0.3 is 26.5 Å². The molecule has 2 aliphatic heterocycles. The van der Waals surface area contributed by atoms with Gasteiger partial charge in [0, 0.05) is 7.11 Å². The van der Waals surface area contributed by atoms with Gasteiger partial charge in [0.25, 0.3) is 0 Å². The Hall–Kier alpha value is 0.457. The van der Waals surface area contributed by atoms with E-state index in [2.05, 4.69) is 0 Å². The molecule has 5 atom stereocenters. The van der Waals surface area contributed by atoms with E-state index in [1.165, 1.54) is 7.11 Å². The number of fused-ring (bicyclic) bond motifs is 1. The Morgan fingerprint density at radius 3 is 2.03 bits per heavy atom. The Kier molecular flexibility index (Phi) is 10.7. The van der Waals surface area contributed by atoms with Gasteiger partial charge in [-0.2, -0.15) is 0 Å². The molecule has 14 heteroatoms. The average molecular weight is 482 g/mol. The summed E-state index contributed by atoms with van der Waals surface area (Å²) in [5.74, 6) is -1.07. The predicted molar refractivity (Wildman–Crippen MR) is 104 cm³/mol. The van der Waals surface area contributed by atoms with E-state index in [0.717, 1.165) is 0 Å². The van der Waals surface area contributed by atoms with Crippen molar-refractivity contribution in [1.82, 2.24) is 0 Å². The third-order valence-corrected chi connectivity index (χ3v) is 7.07. The van der Waals surface area contributed by atoms with Gasteiger partial charge in [-0.3, -0.25) is 8.75 Å². The number of methoxy groups -OCH3 is 1. The first-order chi connectivity index (χ1) is 13.6. The molecule has 2 rings (SSSR count). The van der Waals surface area contributed by atoms with Gasteiger partial charge in [0.2, 0.25) is 10.4 Å². The van der Waals surface area contributed by atoms with Crippen molar-refractivity contribution < 1.29 is 68.6 Å². The van der Waals surface area contributed by atoms with Crippen molar-refractivity contribution >= 4 is 18.0 Å². The van der Waals surface area contributed by atoms with Crippen molar-refractivity contribution in [3.63, 3.8) is 0 Å². The summed E-state index contributed by atoms with van der Waals surface area (Å²) in [5.41, 5.74) is 0. The van der Waals surface area contributed by atoms with Gasteiger partial charge in [0.15, 0.2) is 12.1 Å². The van der Waals surface area contributed by atoms with Crippen LogP contribution in [0.3, 0.4) is 0 Å². The van der Waals surface area contributed by atoms with E-state index in [9.17, 15) is 17.5 Å². The number of rotatable bonds is 10. The summed E-state index contributed by atoms with van der Waals surface area (Å²) >= 11 is 0. The van der Waals surface area contributed by atoms with Gasteiger partial charge in [0.05, 0.1) is 24.5 Å². The molecule has 2 fully saturated rings. The van der Waals surface area contributed by atoms with Crippen LogP contribution in [-0.4, -0.2) is 74.9 Å². The van der Waals surface area contributed by atoms with Crippen molar-refractivity contribution in [2.75, 3.05) is 13.3 Å². The zero-order valence-electron chi connectivity index (χ0n) is 19.3. The van der Waals surface area contributed by atoms with Crippen molar-refractivity contribution in [3.05, 3.63) is 0 Å². The molecule has 11 nitrogen and oxygen atoms in total. The standard InChI is InChI=1S/C17H33O11PS.Li/c1-10(2)26-29(18,27-11(3)4)9-8-12-13(28-30(19,20)21)14-15(16(22-7)23-12)25-17(5,6)24-14;/h10-16H,8-9H2,1-7H3,(H,19,20,21);/q;+1/p-1/t12-,13-,14+,15+,16+;/m1./s1. The Morgan fingerprint density at radius 1 is 1.06 bits per heavy atom. The SMILES string of the molecule is CO[C@H]1O[C@H](CCP(=O)(OC(C)C)OC(C)C)[C@@H](OS(=O)(=O)[O-])[C@@H]2OC(C)(C)O[C@H]12.[Li+]. The van der Waals surface area contributed by atoms with E-state index >= 15 is 0 Å². The van der Waals surface area contributed by atoms with E-state index in [1.807, 2.05) is 0 Å². The van der Waals surface area contributed by atoms with Crippen LogP contribution < -0.4 is 18.9 Å². The molecule has 2 heterocycles. The Bertz CT molecular complexity index is 716. The maximum absolute atomic E-state index is 13.1. The Balaban J connectivity index is 0.00000480. The van der Waals surface area contributed by atoms with E-state index < -0.39 is 54.5 Å². The summed E-state index contributed by atoms with van der Waals surface area (Å²) in [4.78, 5) is 0. The molecule has 0 saturated carbocycles. The first-order valence-corrected chi connectivity index (χ1v) is 12.8. The molecule has 0 radical (unpaired) electrons. The molecule has 31 heavy (non-hydrogen) atoms. The Morgan fingerprint density at radius 2 is 1.58 bits per heavy atom. The second kappa shape index (κ2) is 11.3. The van der Waals surface area contributed by atoms with Crippen molar-refractivity contribution in [3.8, 4) is 0 Å². The fraction of sp³-hybridized carbons (Fsp3) is 1.00. The first-order valence-electron chi connectivity index (χ1n) is 9.78. The molecule has 0 amide bonds. The maximum atomic E-state index is 13.1. The number of hydrogen-bond donors (Lipinski definition) is 0. The molecule has 0 bridgehead atoms. The quantitative estimate of drug-likeness (QED) is 0.167. The predicted octanol–water partition coefficient (Wildman–Crippen LogP) is -0.840. The van der Waals surface area contributed by atoms with Gasteiger partial charge in [0.1, 0.15) is 18.3 Å². The van der Waals surface area contributed by atoms with Crippen molar-refractivity contribution in [2.45, 2.75) is 96.7 Å². The molecular weight excluding hydrogens is 450 g/mol. The van der Waals surface area contributed by atoms with Crippen LogP contribution >= 0.6 is 7.60 Å². The Labute approximate surface area is 196 Å². The fourth-order valence-electron chi connectivity index (χ4n) is 3.55. The minimum absolute atomic E-state index is 0. The monoisotopic (exact) mass is 482 g/mol. The summed E-state index contributed by atoms with van der Waals surface area (Å²) in [6, 6.07) is 0. The first kappa shape index (κ1) is 29.5. The van der Waals surface area contributed by atoms with Crippen molar-refractivity contribution in [1.29, 1.82) is 0 Å². The van der Waals surface area contributed by atoms with Crippen LogP contribution in [-0.2, 0) is 47.1 Å². The number of hydrogen-bond acceptors (Lipinski definition) is 11. The largest absolute Gasteiger partial charge is 1.00 e. The van der Waals surface area contributed by atoms with Crippen LogP contribution in [0.5, 0.6) is 0 Å². The van der Waals surface area contributed by atoms with E-state index in [1.54, 1.807) is 41.5 Å². The molecule has 0 N–H and O–H groups in total. The fourth-order valence-corrected chi connectivity index (χ4v) is 6.17. The zero-order chi connectivity index (χ0) is 22.9. The summed E-state index contributed by atoms with van der Waals surface area (Å²) in [6.07, 6.45) is -5.82. The van der Waals surface area contributed by atoms with Crippen LogP contribution in [0.15, 0.2) is 0 Å². The molecular formula is C17H32LiO11PS. The minimum Gasteiger partial charge on any atom is -0.726 e. The third-order valence-electron chi connectivity index (χ3n) is 4.32. The minimum atomic E-state index is -5.09.